The molecule has 0 bridgehead atoms. The molecular formula is C60H39N3. The minimum Gasteiger partial charge on any atom is -0.309 e. The molecule has 0 saturated heterocycles. The van der Waals surface area contributed by atoms with E-state index in [1.54, 1.807) is 0 Å². The lowest BCUT2D eigenvalue weighted by Crippen LogP contribution is -1.96. The first-order valence-corrected chi connectivity index (χ1v) is 21.7. The molecule has 13 rings (SSSR count). The molecule has 3 heterocycles. The highest BCUT2D eigenvalue weighted by molar-refractivity contribution is 6.15. The molecule has 0 aliphatic carbocycles. The molecule has 0 atom stereocenters. The molecule has 3 nitrogen and oxygen atoms in total. The van der Waals surface area contributed by atoms with Crippen molar-refractivity contribution >= 4 is 65.4 Å². The molecule has 13 aromatic rings. The highest BCUT2D eigenvalue weighted by atomic mass is 15.0. The van der Waals surface area contributed by atoms with E-state index >= 15 is 0 Å². The van der Waals surface area contributed by atoms with Crippen molar-refractivity contribution in [3.05, 3.63) is 237 Å². The Morgan fingerprint density at radius 2 is 0.524 bits per heavy atom. The number of aromatic nitrogens is 3. The number of para-hydroxylation sites is 3. The van der Waals surface area contributed by atoms with E-state index in [2.05, 4.69) is 250 Å². The lowest BCUT2D eigenvalue weighted by molar-refractivity contribution is 1.17. The zero-order chi connectivity index (χ0) is 41.4. The molecule has 0 saturated carbocycles. The van der Waals surface area contributed by atoms with Gasteiger partial charge in [0, 0.05) is 49.4 Å². The third kappa shape index (κ3) is 5.60. The van der Waals surface area contributed by atoms with Gasteiger partial charge in [-0.25, -0.2) is 0 Å². The largest absolute Gasteiger partial charge is 0.309 e. The average molecular weight is 802 g/mol. The van der Waals surface area contributed by atoms with Gasteiger partial charge in [0.25, 0.3) is 0 Å². The van der Waals surface area contributed by atoms with E-state index in [0.717, 1.165) is 17.1 Å². The highest BCUT2D eigenvalue weighted by Crippen LogP contribution is 2.41. The lowest BCUT2D eigenvalue weighted by Gasteiger charge is -2.11. The summed E-state index contributed by atoms with van der Waals surface area (Å²) in [5.74, 6) is 0. The van der Waals surface area contributed by atoms with Crippen LogP contribution in [0.2, 0.25) is 0 Å². The maximum atomic E-state index is 2.48. The minimum atomic E-state index is 1.14. The quantitative estimate of drug-likeness (QED) is 0.159. The van der Waals surface area contributed by atoms with Gasteiger partial charge in [-0.3, -0.25) is 0 Å². The van der Waals surface area contributed by atoms with E-state index in [4.69, 9.17) is 0 Å². The second kappa shape index (κ2) is 14.1. The molecule has 0 radical (unpaired) electrons. The first kappa shape index (κ1) is 35.4. The van der Waals surface area contributed by atoms with Crippen molar-refractivity contribution in [3.63, 3.8) is 0 Å². The third-order valence-electron chi connectivity index (χ3n) is 13.0. The van der Waals surface area contributed by atoms with Gasteiger partial charge in [0.2, 0.25) is 0 Å². The molecule has 0 fully saturated rings. The van der Waals surface area contributed by atoms with Crippen LogP contribution in [0.1, 0.15) is 0 Å². The van der Waals surface area contributed by atoms with Gasteiger partial charge in [-0.2, -0.15) is 0 Å². The Balaban J connectivity index is 1.04. The summed E-state index contributed by atoms with van der Waals surface area (Å²) < 4.78 is 7.26. The van der Waals surface area contributed by atoms with Crippen LogP contribution in [-0.2, 0) is 0 Å². The first-order chi connectivity index (χ1) is 31.2. The van der Waals surface area contributed by atoms with Gasteiger partial charge in [-0.05, 0) is 124 Å². The van der Waals surface area contributed by atoms with E-state index in [9.17, 15) is 0 Å². The van der Waals surface area contributed by atoms with Gasteiger partial charge in [0.15, 0.2) is 0 Å². The number of rotatable bonds is 6. The van der Waals surface area contributed by atoms with E-state index in [-0.39, 0.29) is 0 Å². The zero-order valence-electron chi connectivity index (χ0n) is 34.4. The molecule has 10 aromatic carbocycles. The fourth-order valence-corrected chi connectivity index (χ4v) is 10.1. The first-order valence-electron chi connectivity index (χ1n) is 21.7. The third-order valence-corrected chi connectivity index (χ3v) is 13.0. The number of hydrogen-bond acceptors (Lipinski definition) is 0. The van der Waals surface area contributed by atoms with Crippen LogP contribution in [-0.4, -0.2) is 13.7 Å². The van der Waals surface area contributed by atoms with Crippen LogP contribution in [0.3, 0.4) is 0 Å². The smallest absolute Gasteiger partial charge is 0.0547 e. The lowest BCUT2D eigenvalue weighted by atomic mass is 9.99. The second-order valence-corrected chi connectivity index (χ2v) is 16.6. The van der Waals surface area contributed by atoms with Crippen molar-refractivity contribution in [1.82, 2.24) is 13.7 Å². The topological polar surface area (TPSA) is 14.8 Å². The van der Waals surface area contributed by atoms with Gasteiger partial charge < -0.3 is 13.7 Å². The molecule has 294 valence electrons. The van der Waals surface area contributed by atoms with Crippen molar-refractivity contribution in [2.24, 2.45) is 0 Å². The van der Waals surface area contributed by atoms with Gasteiger partial charge in [0.05, 0.1) is 33.1 Å². The van der Waals surface area contributed by atoms with Crippen LogP contribution >= 0.6 is 0 Å². The molecule has 0 aliphatic rings. The molecule has 63 heavy (non-hydrogen) atoms. The summed E-state index contributed by atoms with van der Waals surface area (Å²) in [6.45, 7) is 0. The molecule has 0 spiro atoms. The average Bonchev–Trinajstić information content (AvgIpc) is 3.99. The number of benzene rings is 10. The predicted molar refractivity (Wildman–Crippen MR) is 266 cm³/mol. The molecule has 0 N–H and O–H groups in total. The molecule has 0 amide bonds. The van der Waals surface area contributed by atoms with Crippen LogP contribution in [0.25, 0.3) is 116 Å². The molecule has 0 unspecified atom stereocenters. The van der Waals surface area contributed by atoms with Crippen LogP contribution in [0.15, 0.2) is 237 Å². The minimum absolute atomic E-state index is 1.14. The van der Waals surface area contributed by atoms with E-state index in [1.807, 2.05) is 0 Å². The van der Waals surface area contributed by atoms with Crippen LogP contribution in [0.5, 0.6) is 0 Å². The highest BCUT2D eigenvalue weighted by Gasteiger charge is 2.19. The fraction of sp³-hybridized carbons (Fsp3) is 0. The van der Waals surface area contributed by atoms with Crippen LogP contribution in [0.4, 0.5) is 0 Å². The Morgan fingerprint density at radius 3 is 1.06 bits per heavy atom. The number of hydrogen-bond donors (Lipinski definition) is 0. The Bertz CT molecular complexity index is 3870. The predicted octanol–water partition coefficient (Wildman–Crippen LogP) is 16.0. The van der Waals surface area contributed by atoms with Gasteiger partial charge in [0.1, 0.15) is 0 Å². The van der Waals surface area contributed by atoms with Crippen molar-refractivity contribution in [2.75, 3.05) is 0 Å². The number of nitrogens with zero attached hydrogens (tertiary/aromatic N) is 3. The SMILES string of the molecule is c1ccc(-c2ccc3c(c2)c2cc(-c4ccc5c6cc(-c7ccccc7)ccc6n(-c6ccc7c(c6)c6ccccc6n7-c6ccccc6)c5c4)ccc2n3-c2ccccc2)cc1. The van der Waals surface area contributed by atoms with Crippen molar-refractivity contribution in [3.8, 4) is 50.4 Å². The Labute approximate surface area is 364 Å². The summed E-state index contributed by atoms with van der Waals surface area (Å²) in [5.41, 5.74) is 17.8. The maximum absolute atomic E-state index is 2.48. The van der Waals surface area contributed by atoms with E-state index < -0.39 is 0 Å². The molecular weight excluding hydrogens is 763 g/mol. The van der Waals surface area contributed by atoms with Crippen molar-refractivity contribution in [2.45, 2.75) is 0 Å². The van der Waals surface area contributed by atoms with Crippen LogP contribution in [0, 0.1) is 0 Å². The van der Waals surface area contributed by atoms with E-state index in [1.165, 1.54) is 98.8 Å². The monoisotopic (exact) mass is 801 g/mol. The summed E-state index contributed by atoms with van der Waals surface area (Å²) in [6.07, 6.45) is 0. The van der Waals surface area contributed by atoms with Gasteiger partial charge >= 0.3 is 0 Å². The number of fused-ring (bicyclic) bond motifs is 9. The molecule has 3 heteroatoms. The molecule has 0 aliphatic heterocycles. The second-order valence-electron chi connectivity index (χ2n) is 16.6. The van der Waals surface area contributed by atoms with Gasteiger partial charge in [-0.1, -0.05) is 146 Å². The van der Waals surface area contributed by atoms with Gasteiger partial charge in [-0.15, -0.1) is 0 Å². The summed E-state index contributed by atoms with van der Waals surface area (Å²) in [5, 5.41) is 7.41. The Hall–Kier alpha value is -8.40. The fourth-order valence-electron chi connectivity index (χ4n) is 10.1. The summed E-state index contributed by atoms with van der Waals surface area (Å²) in [7, 11) is 0. The summed E-state index contributed by atoms with van der Waals surface area (Å²) in [6, 6.07) is 86.5. The zero-order valence-corrected chi connectivity index (χ0v) is 34.4. The Kier molecular flexibility index (Phi) is 7.91. The molecule has 3 aromatic heterocycles. The van der Waals surface area contributed by atoms with Crippen molar-refractivity contribution in [1.29, 1.82) is 0 Å². The van der Waals surface area contributed by atoms with Crippen molar-refractivity contribution < 1.29 is 0 Å². The normalized spacial score (nSPS) is 11.8. The Morgan fingerprint density at radius 1 is 0.175 bits per heavy atom. The van der Waals surface area contributed by atoms with Crippen LogP contribution < -0.4 is 0 Å². The standard InChI is InChI=1S/C60H39N3/c1-5-15-40(16-6-1)42-26-31-56-51(35-42)50-30-25-45(38-60(50)63(56)48-29-34-59-54(39-48)49-23-13-14-24-55(49)61(59)46-19-9-3-10-20-46)44-28-33-58-53(37-44)52-36-43(41-17-7-2-8-18-41)27-32-57(52)62(58)47-21-11-4-12-22-47/h1-39H. The maximum Gasteiger partial charge on any atom is 0.0547 e. The van der Waals surface area contributed by atoms with E-state index in [0.29, 0.717) is 0 Å². The summed E-state index contributed by atoms with van der Waals surface area (Å²) in [4.78, 5) is 0. The summed E-state index contributed by atoms with van der Waals surface area (Å²) >= 11 is 0.